The molecule has 1 amide bonds. The van der Waals surface area contributed by atoms with Gasteiger partial charge in [0.1, 0.15) is 16.5 Å². The Morgan fingerprint density at radius 2 is 1.78 bits per heavy atom. The summed E-state index contributed by atoms with van der Waals surface area (Å²) in [7, 11) is 0. The Morgan fingerprint density at radius 3 is 2.50 bits per heavy atom. The molecule has 0 saturated heterocycles. The number of carbonyl (C=O) groups is 1. The maximum absolute atomic E-state index is 13.4. The quantitative estimate of drug-likeness (QED) is 0.229. The van der Waals surface area contributed by atoms with Gasteiger partial charge in [0.05, 0.1) is 11.2 Å². The van der Waals surface area contributed by atoms with Crippen LogP contribution in [0.25, 0.3) is 11.3 Å². The average Bonchev–Trinajstić information content (AvgIpc) is 3.18. The van der Waals surface area contributed by atoms with Crippen molar-refractivity contribution in [1.29, 1.82) is 0 Å². The fraction of sp³-hybridized carbons (Fsp3) is 0. The highest BCUT2D eigenvalue weighted by Crippen LogP contribution is 2.36. The van der Waals surface area contributed by atoms with Crippen LogP contribution < -0.4 is 10.7 Å². The molecule has 0 aliphatic heterocycles. The molecule has 9 heteroatoms. The minimum atomic E-state index is -0.360. The van der Waals surface area contributed by atoms with E-state index in [9.17, 15) is 9.18 Å². The van der Waals surface area contributed by atoms with E-state index in [0.717, 1.165) is 0 Å². The molecule has 0 bridgehead atoms. The minimum Gasteiger partial charge on any atom is -0.312 e. The Kier molecular flexibility index (Phi) is 6.80. The second-order valence-electron chi connectivity index (χ2n) is 6.56. The predicted octanol–water partition coefficient (Wildman–Crippen LogP) is 6.95. The number of nitrogens with zero attached hydrogens (tertiary/aromatic N) is 2. The van der Waals surface area contributed by atoms with Crippen molar-refractivity contribution in [3.8, 4) is 11.3 Å². The van der Waals surface area contributed by atoms with Crippen LogP contribution in [0.3, 0.4) is 0 Å². The number of amides is 1. The van der Waals surface area contributed by atoms with Gasteiger partial charge in [-0.15, -0.1) is 0 Å². The molecule has 5 nitrogen and oxygen atoms in total. The van der Waals surface area contributed by atoms with Crippen molar-refractivity contribution < 1.29 is 9.18 Å². The summed E-state index contributed by atoms with van der Waals surface area (Å²) in [5.74, 6) is -0.637. The van der Waals surface area contributed by atoms with E-state index in [0.29, 0.717) is 42.6 Å². The Balaban J connectivity index is 1.60. The van der Waals surface area contributed by atoms with E-state index in [4.69, 9.17) is 23.2 Å². The molecule has 0 spiro atoms. The third-order valence-corrected chi connectivity index (χ3v) is 5.77. The summed E-state index contributed by atoms with van der Waals surface area (Å²) < 4.78 is 13.4. The molecule has 3 aromatic carbocycles. The maximum Gasteiger partial charge on any atom is 0.256 e. The highest BCUT2D eigenvalue weighted by atomic mass is 35.5. The number of thiazole rings is 1. The average molecular weight is 485 g/mol. The van der Waals surface area contributed by atoms with Gasteiger partial charge < -0.3 is 5.32 Å². The fourth-order valence-corrected chi connectivity index (χ4v) is 4.07. The van der Waals surface area contributed by atoms with Gasteiger partial charge in [-0.25, -0.2) is 9.37 Å². The molecule has 1 heterocycles. The first-order valence-electron chi connectivity index (χ1n) is 9.37. The maximum atomic E-state index is 13.4. The van der Waals surface area contributed by atoms with Crippen LogP contribution in [-0.4, -0.2) is 17.1 Å². The lowest BCUT2D eigenvalue weighted by Gasteiger charge is -2.05. The fourth-order valence-electron chi connectivity index (χ4n) is 2.78. The van der Waals surface area contributed by atoms with E-state index < -0.39 is 0 Å². The first-order chi connectivity index (χ1) is 15.5. The second-order valence-corrected chi connectivity index (χ2v) is 8.40. The van der Waals surface area contributed by atoms with E-state index in [1.54, 1.807) is 60.8 Å². The van der Waals surface area contributed by atoms with Gasteiger partial charge >= 0.3 is 0 Å². The lowest BCUT2D eigenvalue weighted by Crippen LogP contribution is -2.11. The van der Waals surface area contributed by atoms with Crippen LogP contribution >= 0.6 is 34.5 Å². The Labute approximate surface area is 197 Å². The number of carbonyl (C=O) groups excluding carboxylic acids is 1. The van der Waals surface area contributed by atoms with Crippen LogP contribution in [0.5, 0.6) is 0 Å². The highest BCUT2D eigenvalue weighted by Gasteiger charge is 2.16. The zero-order valence-electron chi connectivity index (χ0n) is 16.4. The molecule has 4 rings (SSSR count). The molecule has 4 aromatic rings. The zero-order chi connectivity index (χ0) is 22.5. The molecule has 2 N–H and O–H groups in total. The molecule has 0 saturated carbocycles. The molecule has 0 fully saturated rings. The van der Waals surface area contributed by atoms with Crippen molar-refractivity contribution in [2.75, 3.05) is 10.7 Å². The summed E-state index contributed by atoms with van der Waals surface area (Å²) in [6.07, 6.45) is 1.54. The van der Waals surface area contributed by atoms with Crippen LogP contribution in [0.1, 0.15) is 15.9 Å². The molecule has 32 heavy (non-hydrogen) atoms. The van der Waals surface area contributed by atoms with E-state index in [-0.39, 0.29) is 11.7 Å². The van der Waals surface area contributed by atoms with Gasteiger partial charge in [-0.1, -0.05) is 58.8 Å². The lowest BCUT2D eigenvalue weighted by molar-refractivity contribution is 0.102. The van der Waals surface area contributed by atoms with Gasteiger partial charge in [0.2, 0.25) is 5.13 Å². The van der Waals surface area contributed by atoms with E-state index in [1.807, 2.05) is 6.07 Å². The molecule has 0 radical (unpaired) electrons. The van der Waals surface area contributed by atoms with Crippen molar-refractivity contribution in [2.45, 2.75) is 0 Å². The second kappa shape index (κ2) is 9.91. The molecular formula is C23H15Cl2FN4OS. The number of aromatic nitrogens is 1. The summed E-state index contributed by atoms with van der Waals surface area (Å²) in [6.45, 7) is 0. The zero-order valence-corrected chi connectivity index (χ0v) is 18.7. The summed E-state index contributed by atoms with van der Waals surface area (Å²) in [4.78, 5) is 17.2. The monoisotopic (exact) mass is 484 g/mol. The first-order valence-corrected chi connectivity index (χ1v) is 10.9. The standard InChI is InChI=1S/C23H15Cl2FN4OS/c24-17-9-6-16(19(25)12-17)13-27-30-23-28-20(14-7-10-18(26)11-8-14)22(32-23)29-21(31)15-4-2-1-3-5-15/h1-13H,(H,28,30)(H,29,31). The van der Waals surface area contributed by atoms with Crippen molar-refractivity contribution in [1.82, 2.24) is 4.98 Å². The normalized spacial score (nSPS) is 11.0. The smallest absolute Gasteiger partial charge is 0.256 e. The number of rotatable bonds is 6. The summed E-state index contributed by atoms with van der Waals surface area (Å²) in [5.41, 5.74) is 5.19. The molecule has 0 atom stereocenters. The SMILES string of the molecule is O=C(Nc1sc(NN=Cc2ccc(Cl)cc2Cl)nc1-c1ccc(F)cc1)c1ccccc1. The number of halogens is 3. The summed E-state index contributed by atoms with van der Waals surface area (Å²) in [6, 6.07) is 19.8. The largest absolute Gasteiger partial charge is 0.312 e. The third-order valence-electron chi connectivity index (χ3n) is 4.33. The number of hydrogen-bond donors (Lipinski definition) is 2. The highest BCUT2D eigenvalue weighted by molar-refractivity contribution is 7.20. The van der Waals surface area contributed by atoms with Crippen LogP contribution in [0.4, 0.5) is 14.5 Å². The number of benzene rings is 3. The predicted molar refractivity (Wildman–Crippen MR) is 130 cm³/mol. The van der Waals surface area contributed by atoms with Gasteiger partial charge in [-0.05, 0) is 48.5 Å². The van der Waals surface area contributed by atoms with Gasteiger partial charge in [-0.2, -0.15) is 5.10 Å². The molecule has 0 aliphatic carbocycles. The van der Waals surface area contributed by atoms with Crippen LogP contribution in [-0.2, 0) is 0 Å². The van der Waals surface area contributed by atoms with Gasteiger partial charge in [-0.3, -0.25) is 10.2 Å². The number of hydrogen-bond acceptors (Lipinski definition) is 5. The number of hydrazone groups is 1. The van der Waals surface area contributed by atoms with Crippen molar-refractivity contribution in [3.05, 3.63) is 99.8 Å². The van der Waals surface area contributed by atoms with Crippen LogP contribution in [0.15, 0.2) is 77.9 Å². The molecule has 160 valence electrons. The van der Waals surface area contributed by atoms with Crippen LogP contribution in [0.2, 0.25) is 10.0 Å². The first kappa shape index (κ1) is 22.0. The Hall–Kier alpha value is -3.26. The molecular weight excluding hydrogens is 470 g/mol. The number of nitrogens with one attached hydrogen (secondary N) is 2. The van der Waals surface area contributed by atoms with E-state index in [2.05, 4.69) is 20.8 Å². The molecule has 1 aromatic heterocycles. The third kappa shape index (κ3) is 5.31. The minimum absolute atomic E-state index is 0.277. The van der Waals surface area contributed by atoms with Crippen molar-refractivity contribution >= 4 is 56.8 Å². The van der Waals surface area contributed by atoms with Crippen LogP contribution in [0, 0.1) is 5.82 Å². The summed E-state index contributed by atoms with van der Waals surface area (Å²) in [5, 5.41) is 8.99. The Bertz CT molecular complexity index is 1280. The number of anilines is 2. The Morgan fingerprint density at radius 1 is 1.03 bits per heavy atom. The van der Waals surface area contributed by atoms with Crippen molar-refractivity contribution in [2.24, 2.45) is 5.10 Å². The topological polar surface area (TPSA) is 66.4 Å². The molecule has 0 unspecified atom stereocenters. The summed E-state index contributed by atoms with van der Waals surface area (Å²) >= 11 is 13.3. The molecule has 0 aliphatic rings. The van der Waals surface area contributed by atoms with Gasteiger partial charge in [0.25, 0.3) is 5.91 Å². The lowest BCUT2D eigenvalue weighted by atomic mass is 10.1. The van der Waals surface area contributed by atoms with E-state index >= 15 is 0 Å². The van der Waals surface area contributed by atoms with Gasteiger partial charge in [0.15, 0.2) is 0 Å². The van der Waals surface area contributed by atoms with E-state index in [1.165, 1.54) is 23.5 Å². The van der Waals surface area contributed by atoms with Crippen molar-refractivity contribution in [3.63, 3.8) is 0 Å². The van der Waals surface area contributed by atoms with Gasteiger partial charge in [0, 0.05) is 21.7 Å².